The SMILES string of the molecule is CCNC(CCCS(=O)(=O)CC)c1cccnc1C. The van der Waals surface area contributed by atoms with Crippen molar-refractivity contribution in [3.8, 4) is 0 Å². The molecule has 0 saturated heterocycles. The molecule has 0 radical (unpaired) electrons. The van der Waals surface area contributed by atoms with Crippen molar-refractivity contribution in [1.29, 1.82) is 0 Å². The van der Waals surface area contributed by atoms with Crippen LogP contribution in [0.4, 0.5) is 0 Å². The van der Waals surface area contributed by atoms with E-state index in [1.54, 1.807) is 13.1 Å². The second-order valence-electron chi connectivity index (χ2n) is 4.67. The van der Waals surface area contributed by atoms with E-state index < -0.39 is 9.84 Å². The Hall–Kier alpha value is -0.940. The Balaban J connectivity index is 2.67. The van der Waals surface area contributed by atoms with Crippen molar-refractivity contribution in [3.05, 3.63) is 29.6 Å². The summed E-state index contributed by atoms with van der Waals surface area (Å²) in [7, 11) is -2.87. The van der Waals surface area contributed by atoms with E-state index in [-0.39, 0.29) is 17.5 Å². The highest BCUT2D eigenvalue weighted by Gasteiger charge is 2.15. The highest BCUT2D eigenvalue weighted by molar-refractivity contribution is 7.91. The van der Waals surface area contributed by atoms with Gasteiger partial charge in [0.1, 0.15) is 9.84 Å². The van der Waals surface area contributed by atoms with Crippen molar-refractivity contribution >= 4 is 9.84 Å². The molecule has 4 nitrogen and oxygen atoms in total. The lowest BCUT2D eigenvalue weighted by Crippen LogP contribution is -2.23. The molecule has 0 aliphatic heterocycles. The van der Waals surface area contributed by atoms with Gasteiger partial charge in [0.15, 0.2) is 0 Å². The Bertz CT molecular complexity index is 486. The van der Waals surface area contributed by atoms with E-state index in [4.69, 9.17) is 0 Å². The van der Waals surface area contributed by atoms with Crippen LogP contribution in [0.1, 0.15) is 44.0 Å². The van der Waals surface area contributed by atoms with Gasteiger partial charge in [-0.1, -0.05) is 19.9 Å². The summed E-state index contributed by atoms with van der Waals surface area (Å²) in [6.07, 6.45) is 3.28. The third kappa shape index (κ3) is 5.28. The molecule has 1 rings (SSSR count). The topological polar surface area (TPSA) is 59.1 Å². The number of hydrogen-bond donors (Lipinski definition) is 1. The second kappa shape index (κ2) is 7.60. The zero-order valence-corrected chi connectivity index (χ0v) is 12.8. The first-order valence-corrected chi connectivity index (χ1v) is 8.67. The molecule has 1 unspecified atom stereocenters. The first kappa shape index (κ1) is 16.1. The van der Waals surface area contributed by atoms with Gasteiger partial charge in [0, 0.05) is 23.7 Å². The van der Waals surface area contributed by atoms with Crippen LogP contribution in [-0.2, 0) is 9.84 Å². The fourth-order valence-corrected chi connectivity index (χ4v) is 3.03. The quantitative estimate of drug-likeness (QED) is 0.795. The Kier molecular flexibility index (Phi) is 6.45. The summed E-state index contributed by atoms with van der Waals surface area (Å²) in [6.45, 7) is 6.60. The molecule has 0 bridgehead atoms. The average molecular weight is 284 g/mol. The van der Waals surface area contributed by atoms with Gasteiger partial charge in [-0.3, -0.25) is 4.98 Å². The lowest BCUT2D eigenvalue weighted by Gasteiger charge is -2.19. The average Bonchev–Trinajstić information content (AvgIpc) is 2.38. The number of pyridine rings is 1. The first-order chi connectivity index (χ1) is 9.00. The predicted octanol–water partition coefficient (Wildman–Crippen LogP) is 2.26. The summed E-state index contributed by atoms with van der Waals surface area (Å²) in [6, 6.07) is 4.17. The monoisotopic (exact) mass is 284 g/mol. The number of sulfone groups is 1. The summed E-state index contributed by atoms with van der Waals surface area (Å²) in [4.78, 5) is 4.30. The molecular formula is C14H24N2O2S. The summed E-state index contributed by atoms with van der Waals surface area (Å²) >= 11 is 0. The lowest BCUT2D eigenvalue weighted by molar-refractivity contribution is 0.503. The van der Waals surface area contributed by atoms with E-state index in [9.17, 15) is 8.42 Å². The number of nitrogens with zero attached hydrogens (tertiary/aromatic N) is 1. The largest absolute Gasteiger partial charge is 0.310 e. The van der Waals surface area contributed by atoms with E-state index in [0.717, 1.165) is 18.7 Å². The Morgan fingerprint density at radius 3 is 2.68 bits per heavy atom. The van der Waals surface area contributed by atoms with Crippen molar-refractivity contribution < 1.29 is 8.42 Å². The summed E-state index contributed by atoms with van der Waals surface area (Å²) in [5, 5.41) is 3.41. The molecule has 1 aromatic heterocycles. The normalized spacial score (nSPS) is 13.4. The molecule has 1 N–H and O–H groups in total. The number of aromatic nitrogens is 1. The van der Waals surface area contributed by atoms with E-state index in [1.807, 2.05) is 13.0 Å². The standard InChI is InChI=1S/C14H24N2O2S/c1-4-15-14(9-7-11-19(17,18)5-2)13-8-6-10-16-12(13)3/h6,8,10,14-15H,4-5,7,9,11H2,1-3H3. The van der Waals surface area contributed by atoms with Crippen LogP contribution in [0.2, 0.25) is 0 Å². The third-order valence-electron chi connectivity index (χ3n) is 3.26. The number of nitrogens with one attached hydrogen (secondary N) is 1. The minimum absolute atomic E-state index is 0.186. The highest BCUT2D eigenvalue weighted by atomic mass is 32.2. The Morgan fingerprint density at radius 2 is 2.11 bits per heavy atom. The molecule has 108 valence electrons. The van der Waals surface area contributed by atoms with Crippen LogP contribution in [0.5, 0.6) is 0 Å². The Labute approximate surface area is 116 Å². The first-order valence-electron chi connectivity index (χ1n) is 6.85. The minimum atomic E-state index is -2.87. The molecule has 0 spiro atoms. The van der Waals surface area contributed by atoms with Gasteiger partial charge in [0.2, 0.25) is 0 Å². The maximum Gasteiger partial charge on any atom is 0.150 e. The van der Waals surface area contributed by atoms with Gasteiger partial charge >= 0.3 is 0 Å². The molecule has 0 fully saturated rings. The molecule has 1 aromatic rings. The fourth-order valence-electron chi connectivity index (χ4n) is 2.13. The maximum atomic E-state index is 11.5. The van der Waals surface area contributed by atoms with E-state index >= 15 is 0 Å². The highest BCUT2D eigenvalue weighted by Crippen LogP contribution is 2.20. The van der Waals surface area contributed by atoms with Crippen molar-refractivity contribution in [3.63, 3.8) is 0 Å². The van der Waals surface area contributed by atoms with Crippen LogP contribution in [0.25, 0.3) is 0 Å². The van der Waals surface area contributed by atoms with Crippen molar-refractivity contribution in [2.75, 3.05) is 18.1 Å². The fraction of sp³-hybridized carbons (Fsp3) is 0.643. The van der Waals surface area contributed by atoms with Crippen LogP contribution < -0.4 is 5.32 Å². The van der Waals surface area contributed by atoms with Crippen LogP contribution in [0.15, 0.2) is 18.3 Å². The number of hydrogen-bond acceptors (Lipinski definition) is 4. The maximum absolute atomic E-state index is 11.5. The molecule has 0 aliphatic carbocycles. The molecule has 19 heavy (non-hydrogen) atoms. The van der Waals surface area contributed by atoms with Crippen molar-refractivity contribution in [1.82, 2.24) is 10.3 Å². The van der Waals surface area contributed by atoms with Gasteiger partial charge in [-0.05, 0) is 37.9 Å². The zero-order valence-electron chi connectivity index (χ0n) is 12.0. The Morgan fingerprint density at radius 1 is 1.37 bits per heavy atom. The van der Waals surface area contributed by atoms with E-state index in [2.05, 4.69) is 23.3 Å². The van der Waals surface area contributed by atoms with Gasteiger partial charge in [-0.15, -0.1) is 0 Å². The zero-order chi connectivity index (χ0) is 14.3. The molecule has 1 atom stereocenters. The van der Waals surface area contributed by atoms with Crippen molar-refractivity contribution in [2.24, 2.45) is 0 Å². The molecule has 0 aromatic carbocycles. The van der Waals surface area contributed by atoms with Crippen LogP contribution in [0, 0.1) is 6.92 Å². The van der Waals surface area contributed by atoms with Gasteiger partial charge in [0.05, 0.1) is 5.75 Å². The molecule has 0 aliphatic rings. The van der Waals surface area contributed by atoms with Gasteiger partial charge in [-0.25, -0.2) is 8.42 Å². The van der Waals surface area contributed by atoms with Gasteiger partial charge in [-0.2, -0.15) is 0 Å². The summed E-state index contributed by atoms with van der Waals surface area (Å²) < 4.78 is 23.0. The molecule has 5 heteroatoms. The lowest BCUT2D eigenvalue weighted by atomic mass is 10.0. The number of rotatable bonds is 8. The second-order valence-corrected chi connectivity index (χ2v) is 7.14. The van der Waals surface area contributed by atoms with Gasteiger partial charge < -0.3 is 5.32 Å². The number of aryl methyl sites for hydroxylation is 1. The van der Waals surface area contributed by atoms with E-state index in [0.29, 0.717) is 6.42 Å². The summed E-state index contributed by atoms with van der Waals surface area (Å²) in [5.41, 5.74) is 2.17. The molecule has 1 heterocycles. The smallest absolute Gasteiger partial charge is 0.150 e. The molecule has 0 saturated carbocycles. The van der Waals surface area contributed by atoms with Crippen LogP contribution in [-0.4, -0.2) is 31.5 Å². The third-order valence-corrected chi connectivity index (χ3v) is 5.05. The van der Waals surface area contributed by atoms with E-state index in [1.165, 1.54) is 5.56 Å². The van der Waals surface area contributed by atoms with Crippen LogP contribution >= 0.6 is 0 Å². The minimum Gasteiger partial charge on any atom is -0.310 e. The molecule has 0 amide bonds. The molecular weight excluding hydrogens is 260 g/mol. The summed E-state index contributed by atoms with van der Waals surface area (Å²) in [5.74, 6) is 0.496. The van der Waals surface area contributed by atoms with Crippen LogP contribution in [0.3, 0.4) is 0 Å². The predicted molar refractivity (Wildman–Crippen MR) is 79.0 cm³/mol. The van der Waals surface area contributed by atoms with Crippen molar-refractivity contribution in [2.45, 2.75) is 39.7 Å². The van der Waals surface area contributed by atoms with Gasteiger partial charge in [0.25, 0.3) is 0 Å².